The first-order valence-corrected chi connectivity index (χ1v) is 11.1. The summed E-state index contributed by atoms with van der Waals surface area (Å²) < 4.78 is 0. The van der Waals surface area contributed by atoms with Crippen molar-refractivity contribution in [2.24, 2.45) is 0 Å². The quantitative estimate of drug-likeness (QED) is 0.406. The van der Waals surface area contributed by atoms with Crippen LogP contribution in [0.5, 0.6) is 5.75 Å². The molecule has 1 N–H and O–H groups in total. The third kappa shape index (κ3) is 5.34. The smallest absolute Gasteiger partial charge is 0.120 e. The Morgan fingerprint density at radius 2 is 1.66 bits per heavy atom. The number of phenolic OH excluding ortho intramolecular Hbond substituents is 1. The van der Waals surface area contributed by atoms with Crippen LogP contribution in [0.15, 0.2) is 79.0 Å². The first-order valence-electron chi connectivity index (χ1n) is 11.1. The number of hydrogen-bond donors (Lipinski definition) is 1. The van der Waals surface area contributed by atoms with Gasteiger partial charge in [0.25, 0.3) is 0 Å². The second-order valence-electron chi connectivity index (χ2n) is 8.72. The van der Waals surface area contributed by atoms with Crippen LogP contribution < -0.4 is 0 Å². The molecule has 164 valence electrons. The van der Waals surface area contributed by atoms with Gasteiger partial charge in [-0.25, -0.2) is 0 Å². The number of aryl methyl sites for hydroxylation is 1. The number of benzene rings is 3. The van der Waals surface area contributed by atoms with Crippen LogP contribution in [0.4, 0.5) is 0 Å². The van der Waals surface area contributed by atoms with E-state index < -0.39 is 0 Å². The summed E-state index contributed by atoms with van der Waals surface area (Å²) in [7, 11) is 4.18. The standard InChI is InChI=1S/C28H31N3O/c1-21-9-11-26-25(13-14-29-27(26)17-21)23-10-12-28(32)24(18-23)20-31(16-15-30(2)3)19-22-7-5-4-6-8-22/h4-14,17-18,32H,15-16,19-20H2,1-3H3. The molecule has 0 bridgehead atoms. The maximum atomic E-state index is 10.7. The van der Waals surface area contributed by atoms with E-state index in [1.54, 1.807) is 0 Å². The molecule has 0 saturated heterocycles. The molecule has 0 unspecified atom stereocenters. The van der Waals surface area contributed by atoms with Crippen LogP contribution in [0.2, 0.25) is 0 Å². The van der Waals surface area contributed by atoms with Gasteiger partial charge < -0.3 is 10.0 Å². The largest absolute Gasteiger partial charge is 0.508 e. The third-order valence-electron chi connectivity index (χ3n) is 5.80. The number of fused-ring (bicyclic) bond motifs is 1. The molecule has 0 amide bonds. The zero-order valence-corrected chi connectivity index (χ0v) is 19.1. The minimum absolute atomic E-state index is 0.339. The monoisotopic (exact) mass is 425 g/mol. The zero-order valence-electron chi connectivity index (χ0n) is 19.1. The van der Waals surface area contributed by atoms with E-state index in [2.05, 4.69) is 90.4 Å². The van der Waals surface area contributed by atoms with Crippen molar-refractivity contribution in [3.8, 4) is 16.9 Å². The van der Waals surface area contributed by atoms with Crippen molar-refractivity contribution in [1.29, 1.82) is 0 Å². The van der Waals surface area contributed by atoms with Crippen molar-refractivity contribution in [3.05, 3.63) is 95.7 Å². The molecule has 4 heteroatoms. The van der Waals surface area contributed by atoms with Gasteiger partial charge in [-0.15, -0.1) is 0 Å². The number of hydrogen-bond acceptors (Lipinski definition) is 4. The van der Waals surface area contributed by atoms with E-state index in [-0.39, 0.29) is 0 Å². The summed E-state index contributed by atoms with van der Waals surface area (Å²) in [6, 6.07) is 24.9. The van der Waals surface area contributed by atoms with Crippen LogP contribution in [0.1, 0.15) is 16.7 Å². The van der Waals surface area contributed by atoms with Crippen molar-refractivity contribution in [2.75, 3.05) is 27.2 Å². The Bertz CT molecular complexity index is 1190. The Balaban J connectivity index is 1.65. The highest BCUT2D eigenvalue weighted by Gasteiger charge is 2.13. The Morgan fingerprint density at radius 3 is 2.44 bits per heavy atom. The molecule has 0 aliphatic heterocycles. The summed E-state index contributed by atoms with van der Waals surface area (Å²) in [5.41, 5.74) is 6.65. The van der Waals surface area contributed by atoms with Crippen molar-refractivity contribution in [3.63, 3.8) is 0 Å². The highest BCUT2D eigenvalue weighted by atomic mass is 16.3. The number of likely N-dealkylation sites (N-methyl/N-ethyl adjacent to an activating group) is 1. The summed E-state index contributed by atoms with van der Waals surface area (Å²) in [4.78, 5) is 9.13. The van der Waals surface area contributed by atoms with Gasteiger partial charge in [0.05, 0.1) is 5.52 Å². The van der Waals surface area contributed by atoms with E-state index in [1.807, 2.05) is 24.4 Å². The van der Waals surface area contributed by atoms with Gasteiger partial charge in [0, 0.05) is 43.3 Å². The van der Waals surface area contributed by atoms with Crippen LogP contribution >= 0.6 is 0 Å². The van der Waals surface area contributed by atoms with E-state index in [4.69, 9.17) is 0 Å². The van der Waals surface area contributed by atoms with Gasteiger partial charge in [-0.1, -0.05) is 48.5 Å². The third-order valence-corrected chi connectivity index (χ3v) is 5.80. The van der Waals surface area contributed by atoms with Gasteiger partial charge in [-0.3, -0.25) is 9.88 Å². The molecule has 0 radical (unpaired) electrons. The number of pyridine rings is 1. The Kier molecular flexibility index (Phi) is 6.84. The first kappa shape index (κ1) is 22.0. The minimum atomic E-state index is 0.339. The average molecular weight is 426 g/mol. The van der Waals surface area contributed by atoms with E-state index >= 15 is 0 Å². The van der Waals surface area contributed by atoms with Crippen LogP contribution in [-0.2, 0) is 13.1 Å². The SMILES string of the molecule is Cc1ccc2c(-c3ccc(O)c(CN(CCN(C)C)Cc4ccccc4)c3)ccnc2c1. The maximum absolute atomic E-state index is 10.7. The Morgan fingerprint density at radius 1 is 0.844 bits per heavy atom. The van der Waals surface area contributed by atoms with Gasteiger partial charge in [-0.05, 0) is 67.5 Å². The lowest BCUT2D eigenvalue weighted by atomic mass is 9.98. The molecule has 1 aromatic heterocycles. The molecule has 0 atom stereocenters. The fourth-order valence-corrected chi connectivity index (χ4v) is 4.03. The second-order valence-corrected chi connectivity index (χ2v) is 8.72. The molecule has 0 saturated carbocycles. The molecule has 0 fully saturated rings. The zero-order chi connectivity index (χ0) is 22.5. The normalized spacial score (nSPS) is 11.5. The lowest BCUT2D eigenvalue weighted by Crippen LogP contribution is -2.31. The van der Waals surface area contributed by atoms with E-state index in [0.29, 0.717) is 12.3 Å². The van der Waals surface area contributed by atoms with Crippen molar-refractivity contribution in [2.45, 2.75) is 20.0 Å². The first-order chi connectivity index (χ1) is 15.5. The summed E-state index contributed by atoms with van der Waals surface area (Å²) in [6.07, 6.45) is 1.86. The molecular weight excluding hydrogens is 394 g/mol. The van der Waals surface area contributed by atoms with Gasteiger partial charge in [0.1, 0.15) is 5.75 Å². The fraction of sp³-hybridized carbons (Fsp3) is 0.250. The number of nitrogens with zero attached hydrogens (tertiary/aromatic N) is 3. The lowest BCUT2D eigenvalue weighted by molar-refractivity contribution is 0.224. The lowest BCUT2D eigenvalue weighted by Gasteiger charge is -2.25. The summed E-state index contributed by atoms with van der Waals surface area (Å²) in [5, 5.41) is 11.8. The molecule has 0 aliphatic carbocycles. The summed E-state index contributed by atoms with van der Waals surface area (Å²) >= 11 is 0. The van der Waals surface area contributed by atoms with Gasteiger partial charge >= 0.3 is 0 Å². The maximum Gasteiger partial charge on any atom is 0.120 e. The van der Waals surface area contributed by atoms with Crippen LogP contribution in [0.3, 0.4) is 0 Å². The van der Waals surface area contributed by atoms with Gasteiger partial charge in [0.2, 0.25) is 0 Å². The molecule has 4 aromatic rings. The molecule has 4 rings (SSSR count). The van der Waals surface area contributed by atoms with Gasteiger partial charge in [-0.2, -0.15) is 0 Å². The minimum Gasteiger partial charge on any atom is -0.508 e. The highest BCUT2D eigenvalue weighted by Crippen LogP contribution is 2.32. The summed E-state index contributed by atoms with van der Waals surface area (Å²) in [6.45, 7) is 5.49. The Labute approximate surface area is 190 Å². The molecular formula is C28H31N3O. The fourth-order valence-electron chi connectivity index (χ4n) is 4.03. The average Bonchev–Trinajstić information content (AvgIpc) is 2.79. The molecule has 0 spiro atoms. The molecule has 3 aromatic carbocycles. The van der Waals surface area contributed by atoms with E-state index in [1.165, 1.54) is 11.1 Å². The Hall–Kier alpha value is -3.21. The topological polar surface area (TPSA) is 39.6 Å². The molecule has 32 heavy (non-hydrogen) atoms. The molecule has 0 aliphatic rings. The predicted octanol–water partition coefficient (Wildman–Crippen LogP) is 5.48. The number of rotatable bonds is 8. The van der Waals surface area contributed by atoms with Gasteiger partial charge in [0.15, 0.2) is 0 Å². The summed E-state index contributed by atoms with van der Waals surface area (Å²) in [5.74, 6) is 0.339. The second kappa shape index (κ2) is 9.94. The number of phenols is 1. The molecule has 4 nitrogen and oxygen atoms in total. The van der Waals surface area contributed by atoms with Crippen molar-refractivity contribution in [1.82, 2.24) is 14.8 Å². The van der Waals surface area contributed by atoms with Crippen molar-refractivity contribution >= 4 is 10.9 Å². The number of aromatic nitrogens is 1. The predicted molar refractivity (Wildman–Crippen MR) is 133 cm³/mol. The van der Waals surface area contributed by atoms with Crippen LogP contribution in [-0.4, -0.2) is 47.1 Å². The van der Waals surface area contributed by atoms with Crippen molar-refractivity contribution < 1.29 is 5.11 Å². The van der Waals surface area contributed by atoms with Crippen LogP contribution in [0.25, 0.3) is 22.0 Å². The number of aromatic hydroxyl groups is 1. The van der Waals surface area contributed by atoms with Crippen LogP contribution in [0, 0.1) is 6.92 Å². The molecule has 1 heterocycles. The van der Waals surface area contributed by atoms with E-state index in [9.17, 15) is 5.11 Å². The highest BCUT2D eigenvalue weighted by molar-refractivity contribution is 5.94. The van der Waals surface area contributed by atoms with E-state index in [0.717, 1.165) is 47.2 Å².